The van der Waals surface area contributed by atoms with Crippen molar-refractivity contribution in [3.05, 3.63) is 23.4 Å². The van der Waals surface area contributed by atoms with Gasteiger partial charge in [0.05, 0.1) is 6.10 Å². The van der Waals surface area contributed by atoms with E-state index in [0.29, 0.717) is 5.82 Å². The minimum absolute atomic E-state index is 0.452. The lowest BCUT2D eigenvalue weighted by Gasteiger charge is -2.14. The quantitative estimate of drug-likeness (QED) is 0.772. The molecule has 3 heteroatoms. The van der Waals surface area contributed by atoms with Gasteiger partial charge in [-0.2, -0.15) is 0 Å². The lowest BCUT2D eigenvalue weighted by molar-refractivity contribution is 0.164. The summed E-state index contributed by atoms with van der Waals surface area (Å²) in [5, 5.41) is 9.89. The van der Waals surface area contributed by atoms with Gasteiger partial charge < -0.3 is 10.8 Å². The molecule has 1 atom stereocenters. The Hall–Kier alpha value is -1.09. The topological polar surface area (TPSA) is 59.1 Å². The summed E-state index contributed by atoms with van der Waals surface area (Å²) in [6.45, 7) is 4.05. The van der Waals surface area contributed by atoms with Gasteiger partial charge in [0.25, 0.3) is 0 Å². The van der Waals surface area contributed by atoms with Gasteiger partial charge in [0.15, 0.2) is 0 Å². The molecule has 1 rings (SSSR count). The van der Waals surface area contributed by atoms with E-state index in [-0.39, 0.29) is 0 Å². The van der Waals surface area contributed by atoms with Crippen LogP contribution < -0.4 is 5.73 Å². The molecule has 0 radical (unpaired) electrons. The van der Waals surface area contributed by atoms with E-state index in [4.69, 9.17) is 5.73 Å². The number of hydrogen-bond donors (Lipinski definition) is 2. The van der Waals surface area contributed by atoms with Crippen LogP contribution in [0.4, 0.5) is 5.82 Å². The van der Waals surface area contributed by atoms with Gasteiger partial charge in [-0.1, -0.05) is 19.8 Å². The molecule has 0 aliphatic heterocycles. The molecule has 0 spiro atoms. The monoisotopic (exact) mass is 194 g/mol. The van der Waals surface area contributed by atoms with Gasteiger partial charge >= 0.3 is 0 Å². The Kier molecular flexibility index (Phi) is 3.89. The summed E-state index contributed by atoms with van der Waals surface area (Å²) in [5.74, 6) is 0.452. The van der Waals surface area contributed by atoms with Crippen LogP contribution in [-0.2, 0) is 0 Å². The largest absolute Gasteiger partial charge is 0.388 e. The zero-order valence-corrected chi connectivity index (χ0v) is 8.83. The molecule has 78 valence electrons. The molecule has 1 aromatic heterocycles. The Labute approximate surface area is 85.0 Å². The van der Waals surface area contributed by atoms with E-state index >= 15 is 0 Å². The number of anilines is 1. The average Bonchev–Trinajstić information content (AvgIpc) is 2.14. The minimum atomic E-state index is -0.469. The first-order valence-electron chi connectivity index (χ1n) is 5.05. The number of hydrogen-bond acceptors (Lipinski definition) is 3. The average molecular weight is 194 g/mol. The zero-order chi connectivity index (χ0) is 10.6. The normalized spacial score (nSPS) is 12.8. The van der Waals surface area contributed by atoms with Crippen LogP contribution in [0.15, 0.2) is 12.3 Å². The third-order valence-electron chi connectivity index (χ3n) is 2.40. The molecular formula is C11H18N2O. The highest BCUT2D eigenvalue weighted by atomic mass is 16.3. The van der Waals surface area contributed by atoms with Gasteiger partial charge in [-0.25, -0.2) is 4.98 Å². The van der Waals surface area contributed by atoms with Gasteiger partial charge in [-0.3, -0.25) is 0 Å². The Morgan fingerprint density at radius 2 is 2.29 bits per heavy atom. The molecule has 1 aromatic rings. The molecule has 0 aliphatic carbocycles. The van der Waals surface area contributed by atoms with E-state index in [1.54, 1.807) is 6.20 Å². The minimum Gasteiger partial charge on any atom is -0.388 e. The molecule has 0 amide bonds. The molecule has 1 unspecified atom stereocenters. The van der Waals surface area contributed by atoms with E-state index in [1.807, 2.05) is 13.0 Å². The van der Waals surface area contributed by atoms with Crippen LogP contribution in [0.5, 0.6) is 0 Å². The fraction of sp³-hybridized carbons (Fsp3) is 0.545. The Morgan fingerprint density at radius 1 is 1.57 bits per heavy atom. The molecule has 0 aliphatic rings. The molecular weight excluding hydrogens is 176 g/mol. The Balaban J connectivity index is 2.82. The predicted octanol–water partition coefficient (Wildman–Crippen LogP) is 2.20. The standard InChI is InChI=1S/C11H18N2O/c1-3-4-5-9(14)10-8(2)6-7-13-11(10)12/h6-7,9,14H,3-5H2,1-2H3,(H2,12,13). The highest BCUT2D eigenvalue weighted by molar-refractivity contribution is 5.45. The number of nitrogen functional groups attached to an aromatic ring is 1. The summed E-state index contributed by atoms with van der Waals surface area (Å²) < 4.78 is 0. The van der Waals surface area contributed by atoms with Crippen LogP contribution in [0, 0.1) is 6.92 Å². The maximum absolute atomic E-state index is 9.89. The van der Waals surface area contributed by atoms with Crippen molar-refractivity contribution in [2.75, 3.05) is 5.73 Å². The van der Waals surface area contributed by atoms with Crippen molar-refractivity contribution in [2.45, 2.75) is 39.2 Å². The van der Waals surface area contributed by atoms with E-state index in [2.05, 4.69) is 11.9 Å². The van der Waals surface area contributed by atoms with Crippen molar-refractivity contribution < 1.29 is 5.11 Å². The third-order valence-corrected chi connectivity index (χ3v) is 2.40. The van der Waals surface area contributed by atoms with E-state index < -0.39 is 6.10 Å². The molecule has 0 saturated carbocycles. The zero-order valence-electron chi connectivity index (χ0n) is 8.83. The SMILES string of the molecule is CCCCC(O)c1c(C)ccnc1N. The van der Waals surface area contributed by atoms with Gasteiger partial charge in [0.2, 0.25) is 0 Å². The van der Waals surface area contributed by atoms with Crippen LogP contribution >= 0.6 is 0 Å². The second-order valence-electron chi connectivity index (χ2n) is 3.58. The summed E-state index contributed by atoms with van der Waals surface area (Å²) in [6, 6.07) is 1.88. The number of aromatic nitrogens is 1. The second kappa shape index (κ2) is 4.96. The van der Waals surface area contributed by atoms with Crippen LogP contribution in [0.1, 0.15) is 43.4 Å². The lowest BCUT2D eigenvalue weighted by atomic mass is 10.0. The van der Waals surface area contributed by atoms with Gasteiger partial charge in [0, 0.05) is 11.8 Å². The van der Waals surface area contributed by atoms with Crippen LogP contribution in [-0.4, -0.2) is 10.1 Å². The molecule has 0 saturated heterocycles. The molecule has 1 heterocycles. The molecule has 3 N–H and O–H groups in total. The molecule has 0 bridgehead atoms. The number of unbranched alkanes of at least 4 members (excludes halogenated alkanes) is 1. The number of aliphatic hydroxyl groups excluding tert-OH is 1. The molecule has 0 fully saturated rings. The smallest absolute Gasteiger partial charge is 0.129 e. The van der Waals surface area contributed by atoms with E-state index in [9.17, 15) is 5.11 Å². The van der Waals surface area contributed by atoms with Crippen molar-refractivity contribution in [1.82, 2.24) is 4.98 Å². The van der Waals surface area contributed by atoms with Crippen molar-refractivity contribution in [3.63, 3.8) is 0 Å². The maximum Gasteiger partial charge on any atom is 0.129 e. The van der Waals surface area contributed by atoms with Gasteiger partial charge in [-0.05, 0) is 25.0 Å². The van der Waals surface area contributed by atoms with Crippen LogP contribution in [0.25, 0.3) is 0 Å². The summed E-state index contributed by atoms with van der Waals surface area (Å²) >= 11 is 0. The van der Waals surface area contributed by atoms with Crippen molar-refractivity contribution in [2.24, 2.45) is 0 Å². The Morgan fingerprint density at radius 3 is 2.86 bits per heavy atom. The number of rotatable bonds is 4. The number of nitrogens with zero attached hydrogens (tertiary/aromatic N) is 1. The van der Waals surface area contributed by atoms with Crippen LogP contribution in [0.2, 0.25) is 0 Å². The maximum atomic E-state index is 9.89. The van der Waals surface area contributed by atoms with Crippen LogP contribution in [0.3, 0.4) is 0 Å². The van der Waals surface area contributed by atoms with E-state index in [0.717, 1.165) is 30.4 Å². The number of nitrogens with two attached hydrogens (primary N) is 1. The molecule has 14 heavy (non-hydrogen) atoms. The third kappa shape index (κ3) is 2.45. The molecule has 0 aromatic carbocycles. The fourth-order valence-electron chi connectivity index (χ4n) is 1.57. The van der Waals surface area contributed by atoms with Gasteiger partial charge in [-0.15, -0.1) is 0 Å². The first-order valence-corrected chi connectivity index (χ1v) is 5.05. The number of pyridine rings is 1. The highest BCUT2D eigenvalue weighted by Gasteiger charge is 2.13. The summed E-state index contributed by atoms with van der Waals surface area (Å²) in [7, 11) is 0. The first kappa shape index (κ1) is 11.0. The number of aryl methyl sites for hydroxylation is 1. The summed E-state index contributed by atoms with van der Waals surface area (Å²) in [5.41, 5.74) is 7.53. The summed E-state index contributed by atoms with van der Waals surface area (Å²) in [4.78, 5) is 3.99. The Bertz CT molecular complexity index is 279. The second-order valence-corrected chi connectivity index (χ2v) is 3.58. The predicted molar refractivity (Wildman–Crippen MR) is 57.9 cm³/mol. The highest BCUT2D eigenvalue weighted by Crippen LogP contribution is 2.26. The van der Waals surface area contributed by atoms with Crippen molar-refractivity contribution in [3.8, 4) is 0 Å². The lowest BCUT2D eigenvalue weighted by Crippen LogP contribution is -2.06. The number of aliphatic hydroxyl groups is 1. The summed E-state index contributed by atoms with van der Waals surface area (Å²) in [6.07, 6.45) is 4.04. The van der Waals surface area contributed by atoms with Crippen molar-refractivity contribution >= 4 is 5.82 Å². The fourth-order valence-corrected chi connectivity index (χ4v) is 1.57. The van der Waals surface area contributed by atoms with E-state index in [1.165, 1.54) is 0 Å². The van der Waals surface area contributed by atoms with Gasteiger partial charge in [0.1, 0.15) is 5.82 Å². The first-order chi connectivity index (χ1) is 6.66. The van der Waals surface area contributed by atoms with Crippen molar-refractivity contribution in [1.29, 1.82) is 0 Å². The molecule has 3 nitrogen and oxygen atoms in total.